The fourth-order valence-electron chi connectivity index (χ4n) is 1.63. The zero-order valence-electron chi connectivity index (χ0n) is 10.5. The Morgan fingerprint density at radius 2 is 2.05 bits per heavy atom. The second-order valence-electron chi connectivity index (χ2n) is 3.98. The van der Waals surface area contributed by atoms with E-state index in [0.717, 1.165) is 17.1 Å². The number of nitrogens with one attached hydrogen (secondary N) is 2. The van der Waals surface area contributed by atoms with Gasteiger partial charge in [-0.2, -0.15) is 0 Å². The van der Waals surface area contributed by atoms with Crippen molar-refractivity contribution in [3.8, 4) is 11.3 Å². The molecule has 1 aromatic heterocycles. The fraction of sp³-hybridized carbons (Fsp3) is 0.231. The zero-order valence-corrected chi connectivity index (χ0v) is 12.1. The molecule has 108 valence electrons. The van der Waals surface area contributed by atoms with E-state index in [-0.39, 0.29) is 30.0 Å². The lowest BCUT2D eigenvalue weighted by Gasteiger charge is -2.00. The van der Waals surface area contributed by atoms with Gasteiger partial charge in [-0.15, -0.1) is 24.0 Å². The van der Waals surface area contributed by atoms with Gasteiger partial charge in [0.2, 0.25) is 5.91 Å². The summed E-state index contributed by atoms with van der Waals surface area (Å²) in [6.45, 7) is 0.474. The number of alkyl halides is 1. The average Bonchev–Trinajstić information content (AvgIpc) is 2.88. The first-order valence-corrected chi connectivity index (χ1v) is 6.35. The van der Waals surface area contributed by atoms with Gasteiger partial charge in [-0.1, -0.05) is 0 Å². The SMILES string of the molecule is Cl.O=C(CCl)NCCc1ncc(-c2ccc(F)cc2)[nH]1. The maximum Gasteiger partial charge on any atom is 0.234 e. The molecule has 0 atom stereocenters. The number of imidazole rings is 1. The van der Waals surface area contributed by atoms with Crippen LogP contribution in [0.2, 0.25) is 0 Å². The van der Waals surface area contributed by atoms with Crippen molar-refractivity contribution in [1.29, 1.82) is 0 Å². The van der Waals surface area contributed by atoms with Gasteiger partial charge in [-0.25, -0.2) is 9.37 Å². The second-order valence-corrected chi connectivity index (χ2v) is 4.25. The van der Waals surface area contributed by atoms with Crippen LogP contribution in [0.4, 0.5) is 4.39 Å². The molecule has 0 aliphatic carbocycles. The molecule has 7 heteroatoms. The third kappa shape index (κ3) is 4.51. The molecule has 20 heavy (non-hydrogen) atoms. The van der Waals surface area contributed by atoms with E-state index in [1.165, 1.54) is 12.1 Å². The van der Waals surface area contributed by atoms with Crippen molar-refractivity contribution in [2.45, 2.75) is 6.42 Å². The van der Waals surface area contributed by atoms with Crippen LogP contribution in [0.3, 0.4) is 0 Å². The first kappa shape index (κ1) is 16.5. The number of carbonyl (C=O) groups is 1. The molecule has 4 nitrogen and oxygen atoms in total. The summed E-state index contributed by atoms with van der Waals surface area (Å²) >= 11 is 5.36. The van der Waals surface area contributed by atoms with E-state index >= 15 is 0 Å². The lowest BCUT2D eigenvalue weighted by atomic mass is 10.2. The third-order valence-corrected chi connectivity index (χ3v) is 2.83. The highest BCUT2D eigenvalue weighted by Crippen LogP contribution is 2.17. The maximum absolute atomic E-state index is 12.8. The van der Waals surface area contributed by atoms with E-state index in [4.69, 9.17) is 11.6 Å². The normalized spacial score (nSPS) is 9.90. The average molecular weight is 318 g/mol. The number of hydrogen-bond donors (Lipinski definition) is 2. The molecule has 0 saturated carbocycles. The van der Waals surface area contributed by atoms with Crippen molar-refractivity contribution in [1.82, 2.24) is 15.3 Å². The molecule has 2 aromatic rings. The van der Waals surface area contributed by atoms with Crippen LogP contribution in [0, 0.1) is 5.82 Å². The molecule has 1 heterocycles. The van der Waals surface area contributed by atoms with Crippen molar-refractivity contribution >= 4 is 29.9 Å². The molecule has 0 spiro atoms. The van der Waals surface area contributed by atoms with Gasteiger partial charge >= 0.3 is 0 Å². The largest absolute Gasteiger partial charge is 0.355 e. The van der Waals surface area contributed by atoms with E-state index in [1.54, 1.807) is 18.3 Å². The molecule has 0 bridgehead atoms. The number of carbonyl (C=O) groups excluding carboxylic acids is 1. The smallest absolute Gasteiger partial charge is 0.234 e. The minimum atomic E-state index is -0.271. The van der Waals surface area contributed by atoms with Crippen molar-refractivity contribution < 1.29 is 9.18 Å². The van der Waals surface area contributed by atoms with Crippen LogP contribution in [-0.4, -0.2) is 28.3 Å². The van der Waals surface area contributed by atoms with Crippen LogP contribution in [0.15, 0.2) is 30.5 Å². The summed E-state index contributed by atoms with van der Waals surface area (Å²) in [6, 6.07) is 6.16. The number of aromatic amines is 1. The monoisotopic (exact) mass is 317 g/mol. The molecule has 1 aromatic carbocycles. The fourth-order valence-corrected chi connectivity index (χ4v) is 1.73. The standard InChI is InChI=1S/C13H13ClFN3O.ClH/c14-7-13(19)16-6-5-12-17-8-11(18-12)9-1-3-10(15)4-2-9;/h1-4,8H,5-7H2,(H,16,19)(H,17,18);1H. The summed E-state index contributed by atoms with van der Waals surface area (Å²) in [5.74, 6) is 0.243. The van der Waals surface area contributed by atoms with Crippen molar-refractivity contribution in [3.05, 3.63) is 42.1 Å². The molecule has 0 aliphatic heterocycles. The van der Waals surface area contributed by atoms with E-state index in [9.17, 15) is 9.18 Å². The van der Waals surface area contributed by atoms with Crippen LogP contribution in [-0.2, 0) is 11.2 Å². The Kier molecular flexibility index (Phi) is 6.48. The summed E-state index contributed by atoms with van der Waals surface area (Å²) in [7, 11) is 0. The van der Waals surface area contributed by atoms with Crippen LogP contribution in [0.1, 0.15) is 5.82 Å². The quantitative estimate of drug-likeness (QED) is 0.833. The summed E-state index contributed by atoms with van der Waals surface area (Å²) in [4.78, 5) is 18.3. The van der Waals surface area contributed by atoms with Crippen LogP contribution < -0.4 is 5.32 Å². The Hall–Kier alpha value is -1.59. The summed E-state index contributed by atoms with van der Waals surface area (Å²) in [5, 5.41) is 2.66. The maximum atomic E-state index is 12.8. The first-order chi connectivity index (χ1) is 9.19. The molecule has 0 unspecified atom stereocenters. The van der Waals surface area contributed by atoms with Gasteiger partial charge < -0.3 is 10.3 Å². The number of hydrogen-bond acceptors (Lipinski definition) is 2. The van der Waals surface area contributed by atoms with Gasteiger partial charge in [0.05, 0.1) is 11.9 Å². The van der Waals surface area contributed by atoms with E-state index in [2.05, 4.69) is 15.3 Å². The first-order valence-electron chi connectivity index (χ1n) is 5.81. The molecular weight excluding hydrogens is 304 g/mol. The Morgan fingerprint density at radius 3 is 2.70 bits per heavy atom. The number of rotatable bonds is 5. The Balaban J connectivity index is 0.00000200. The van der Waals surface area contributed by atoms with Crippen LogP contribution in [0.25, 0.3) is 11.3 Å². The van der Waals surface area contributed by atoms with E-state index < -0.39 is 0 Å². The topological polar surface area (TPSA) is 57.8 Å². The van der Waals surface area contributed by atoms with Gasteiger partial charge in [0.25, 0.3) is 0 Å². The zero-order chi connectivity index (χ0) is 13.7. The molecule has 2 N–H and O–H groups in total. The Morgan fingerprint density at radius 1 is 1.35 bits per heavy atom. The minimum Gasteiger partial charge on any atom is -0.355 e. The van der Waals surface area contributed by atoms with Gasteiger partial charge in [-0.05, 0) is 29.8 Å². The molecule has 0 fully saturated rings. The highest BCUT2D eigenvalue weighted by molar-refractivity contribution is 6.27. The van der Waals surface area contributed by atoms with Gasteiger partial charge in [0.1, 0.15) is 17.5 Å². The van der Waals surface area contributed by atoms with Gasteiger partial charge in [0, 0.05) is 13.0 Å². The predicted octanol–water partition coefficient (Wildman–Crippen LogP) is 2.54. The lowest BCUT2D eigenvalue weighted by Crippen LogP contribution is -2.26. The van der Waals surface area contributed by atoms with Gasteiger partial charge in [-0.3, -0.25) is 4.79 Å². The molecule has 0 radical (unpaired) electrons. The number of amides is 1. The second kappa shape index (κ2) is 7.87. The highest BCUT2D eigenvalue weighted by Gasteiger charge is 2.04. The van der Waals surface area contributed by atoms with Crippen molar-refractivity contribution in [3.63, 3.8) is 0 Å². The molecular formula is C13H14Cl2FN3O. The van der Waals surface area contributed by atoms with Crippen molar-refractivity contribution in [2.75, 3.05) is 12.4 Å². The number of aromatic nitrogens is 2. The third-order valence-electron chi connectivity index (χ3n) is 2.59. The molecule has 0 saturated heterocycles. The summed E-state index contributed by atoms with van der Waals surface area (Å²) in [6.07, 6.45) is 2.27. The van der Waals surface area contributed by atoms with Crippen LogP contribution in [0.5, 0.6) is 0 Å². The summed E-state index contributed by atoms with van der Waals surface area (Å²) < 4.78 is 12.8. The summed E-state index contributed by atoms with van der Waals surface area (Å²) in [5.41, 5.74) is 1.68. The Labute approximate surface area is 127 Å². The molecule has 2 rings (SSSR count). The van der Waals surface area contributed by atoms with Crippen LogP contribution >= 0.6 is 24.0 Å². The number of nitrogens with zero attached hydrogens (tertiary/aromatic N) is 1. The number of benzene rings is 1. The van der Waals surface area contributed by atoms with Gasteiger partial charge in [0.15, 0.2) is 0 Å². The molecule has 1 amide bonds. The molecule has 0 aliphatic rings. The van der Waals surface area contributed by atoms with Crippen molar-refractivity contribution in [2.24, 2.45) is 0 Å². The highest BCUT2D eigenvalue weighted by atomic mass is 35.5. The number of halogens is 3. The lowest BCUT2D eigenvalue weighted by molar-refractivity contribution is -0.118. The minimum absolute atomic E-state index is 0. The predicted molar refractivity (Wildman–Crippen MR) is 78.7 cm³/mol. The Bertz CT molecular complexity index is 557. The number of H-pyrrole nitrogens is 1. The van der Waals surface area contributed by atoms with E-state index in [1.807, 2.05) is 0 Å². The van der Waals surface area contributed by atoms with E-state index in [0.29, 0.717) is 13.0 Å².